The average Bonchev–Trinajstić information content (AvgIpc) is 3.10. The van der Waals surface area contributed by atoms with Gasteiger partial charge in [-0.15, -0.1) is 0 Å². The minimum atomic E-state index is -2.74. The summed E-state index contributed by atoms with van der Waals surface area (Å²) in [6.07, 6.45) is -0.269. The monoisotopic (exact) mass is 336 g/mol. The predicted molar refractivity (Wildman–Crippen MR) is 81.3 cm³/mol. The Bertz CT molecular complexity index is 749. The highest BCUT2D eigenvalue weighted by Crippen LogP contribution is 2.41. The molecule has 0 amide bonds. The van der Waals surface area contributed by atoms with Crippen molar-refractivity contribution in [3.63, 3.8) is 0 Å². The molecule has 1 N–H and O–H groups in total. The smallest absolute Gasteiger partial charge is 0.262 e. The molecule has 1 aromatic carbocycles. The average molecular weight is 336 g/mol. The number of nitrogens with zero attached hydrogens (tertiary/aromatic N) is 3. The number of fused-ring (bicyclic) bond motifs is 1. The molecule has 2 aliphatic heterocycles. The lowest BCUT2D eigenvalue weighted by atomic mass is 10.1. The molecule has 2 aliphatic rings. The molecule has 6 nitrogen and oxygen atoms in total. The second kappa shape index (κ2) is 5.70. The van der Waals surface area contributed by atoms with E-state index in [-0.39, 0.29) is 13.0 Å². The first-order valence-corrected chi connectivity index (χ1v) is 7.89. The molecule has 1 fully saturated rings. The molecule has 0 radical (unpaired) electrons. The van der Waals surface area contributed by atoms with Gasteiger partial charge >= 0.3 is 0 Å². The van der Waals surface area contributed by atoms with Gasteiger partial charge in [0.2, 0.25) is 0 Å². The third-order valence-corrected chi connectivity index (χ3v) is 4.27. The fraction of sp³-hybridized carbons (Fsp3) is 0.500. The van der Waals surface area contributed by atoms with Crippen molar-refractivity contribution in [1.29, 1.82) is 0 Å². The van der Waals surface area contributed by atoms with E-state index >= 15 is 0 Å². The van der Waals surface area contributed by atoms with Gasteiger partial charge in [-0.1, -0.05) is 6.07 Å². The van der Waals surface area contributed by atoms with Gasteiger partial charge in [0.15, 0.2) is 17.3 Å². The molecule has 2 aromatic rings. The molecule has 1 saturated heterocycles. The summed E-state index contributed by atoms with van der Waals surface area (Å²) in [5.41, 5.74) is 0.897. The van der Waals surface area contributed by atoms with Crippen molar-refractivity contribution in [2.45, 2.75) is 31.9 Å². The second-order valence-corrected chi connectivity index (χ2v) is 6.24. The Morgan fingerprint density at radius 3 is 2.83 bits per heavy atom. The van der Waals surface area contributed by atoms with Gasteiger partial charge in [-0.3, -0.25) is 10.00 Å². The van der Waals surface area contributed by atoms with Crippen LogP contribution in [0.2, 0.25) is 0 Å². The Labute approximate surface area is 137 Å². The zero-order valence-electron chi connectivity index (χ0n) is 13.3. The van der Waals surface area contributed by atoms with E-state index < -0.39 is 12.0 Å². The SMILES string of the molecule is Cc1nc([C@@H]2CC(F)(F)CN2Cc2ccc3c(c2)OCCO3)n[nH]1. The molecule has 1 atom stereocenters. The number of aromatic nitrogens is 3. The molecule has 24 heavy (non-hydrogen) atoms. The number of aryl methyl sites for hydroxylation is 1. The van der Waals surface area contributed by atoms with E-state index in [0.717, 1.165) is 5.56 Å². The van der Waals surface area contributed by atoms with E-state index in [2.05, 4.69) is 15.2 Å². The molecule has 1 aromatic heterocycles. The number of H-pyrrole nitrogens is 1. The van der Waals surface area contributed by atoms with Crippen LogP contribution in [0.1, 0.15) is 29.7 Å². The summed E-state index contributed by atoms with van der Waals surface area (Å²) < 4.78 is 39.0. The first kappa shape index (κ1) is 15.3. The van der Waals surface area contributed by atoms with Gasteiger partial charge in [-0.25, -0.2) is 13.8 Å². The Kier molecular flexibility index (Phi) is 3.64. The Morgan fingerprint density at radius 2 is 2.08 bits per heavy atom. The molecule has 0 saturated carbocycles. The highest BCUT2D eigenvalue weighted by Gasteiger charge is 2.46. The fourth-order valence-electron chi connectivity index (χ4n) is 3.23. The number of hydrogen-bond acceptors (Lipinski definition) is 5. The lowest BCUT2D eigenvalue weighted by Gasteiger charge is -2.23. The van der Waals surface area contributed by atoms with Crippen LogP contribution < -0.4 is 9.47 Å². The number of likely N-dealkylation sites (tertiary alicyclic amines) is 1. The van der Waals surface area contributed by atoms with Crippen molar-refractivity contribution in [1.82, 2.24) is 20.1 Å². The third-order valence-electron chi connectivity index (χ3n) is 4.27. The second-order valence-electron chi connectivity index (χ2n) is 6.24. The molecular weight excluding hydrogens is 318 g/mol. The van der Waals surface area contributed by atoms with E-state index in [1.165, 1.54) is 0 Å². The summed E-state index contributed by atoms with van der Waals surface area (Å²) >= 11 is 0. The van der Waals surface area contributed by atoms with Crippen LogP contribution in [-0.4, -0.2) is 45.8 Å². The van der Waals surface area contributed by atoms with Crippen molar-refractivity contribution >= 4 is 0 Å². The maximum atomic E-state index is 14.0. The summed E-state index contributed by atoms with van der Waals surface area (Å²) in [7, 11) is 0. The predicted octanol–water partition coefficient (Wildman–Crippen LogP) is 2.47. The van der Waals surface area contributed by atoms with E-state index in [1.807, 2.05) is 18.2 Å². The van der Waals surface area contributed by atoms with E-state index in [9.17, 15) is 8.78 Å². The Morgan fingerprint density at radius 1 is 1.29 bits per heavy atom. The summed E-state index contributed by atoms with van der Waals surface area (Å²) in [6, 6.07) is 5.05. The molecule has 0 spiro atoms. The molecule has 128 valence electrons. The summed E-state index contributed by atoms with van der Waals surface area (Å²) in [4.78, 5) is 5.95. The maximum Gasteiger partial charge on any atom is 0.262 e. The molecule has 4 rings (SSSR count). The van der Waals surface area contributed by atoms with Crippen molar-refractivity contribution in [3.8, 4) is 11.5 Å². The minimum absolute atomic E-state index is 0.269. The lowest BCUT2D eigenvalue weighted by Crippen LogP contribution is -2.27. The van der Waals surface area contributed by atoms with Crippen molar-refractivity contribution < 1.29 is 18.3 Å². The third kappa shape index (κ3) is 2.93. The lowest BCUT2D eigenvalue weighted by molar-refractivity contribution is 0.0113. The van der Waals surface area contributed by atoms with Crippen molar-refractivity contribution in [2.75, 3.05) is 19.8 Å². The van der Waals surface area contributed by atoms with Gasteiger partial charge in [0, 0.05) is 13.0 Å². The van der Waals surface area contributed by atoms with Gasteiger partial charge < -0.3 is 9.47 Å². The first-order chi connectivity index (χ1) is 11.5. The highest BCUT2D eigenvalue weighted by atomic mass is 19.3. The summed E-state index contributed by atoms with van der Waals surface area (Å²) in [5.74, 6) is -0.345. The van der Waals surface area contributed by atoms with Gasteiger partial charge in [0.1, 0.15) is 19.0 Å². The normalized spacial score (nSPS) is 22.7. The van der Waals surface area contributed by atoms with Crippen LogP contribution in [0.15, 0.2) is 18.2 Å². The Hall–Kier alpha value is -2.22. The molecular formula is C16H18F2N4O2. The molecule has 0 bridgehead atoms. The highest BCUT2D eigenvalue weighted by molar-refractivity contribution is 5.43. The first-order valence-electron chi connectivity index (χ1n) is 7.89. The molecule has 8 heteroatoms. The van der Waals surface area contributed by atoms with E-state index in [0.29, 0.717) is 42.9 Å². The molecule has 0 unspecified atom stereocenters. The molecule has 0 aliphatic carbocycles. The number of nitrogens with one attached hydrogen (secondary N) is 1. The minimum Gasteiger partial charge on any atom is -0.486 e. The van der Waals surface area contributed by atoms with Gasteiger partial charge in [-0.05, 0) is 24.6 Å². The number of halogens is 2. The number of alkyl halides is 2. The van der Waals surface area contributed by atoms with Crippen LogP contribution in [0.4, 0.5) is 8.78 Å². The van der Waals surface area contributed by atoms with E-state index in [1.54, 1.807) is 11.8 Å². The van der Waals surface area contributed by atoms with Crippen LogP contribution >= 0.6 is 0 Å². The largest absolute Gasteiger partial charge is 0.486 e. The van der Waals surface area contributed by atoms with E-state index in [4.69, 9.17) is 9.47 Å². The number of hydrogen-bond donors (Lipinski definition) is 1. The summed E-state index contributed by atoms with van der Waals surface area (Å²) in [6.45, 7) is 2.85. The van der Waals surface area contributed by atoms with Crippen LogP contribution in [0.5, 0.6) is 11.5 Å². The van der Waals surface area contributed by atoms with Gasteiger partial charge in [-0.2, -0.15) is 5.10 Å². The number of benzene rings is 1. The fourth-order valence-corrected chi connectivity index (χ4v) is 3.23. The van der Waals surface area contributed by atoms with Crippen LogP contribution in [0.3, 0.4) is 0 Å². The topological polar surface area (TPSA) is 63.3 Å². The zero-order valence-corrected chi connectivity index (χ0v) is 13.3. The quantitative estimate of drug-likeness (QED) is 0.933. The van der Waals surface area contributed by atoms with Gasteiger partial charge in [0.25, 0.3) is 5.92 Å². The number of rotatable bonds is 3. The maximum absolute atomic E-state index is 14.0. The molecule has 3 heterocycles. The Balaban J connectivity index is 1.57. The zero-order chi connectivity index (χ0) is 16.7. The van der Waals surface area contributed by atoms with Crippen LogP contribution in [-0.2, 0) is 6.54 Å². The standard InChI is InChI=1S/C16H18F2N4O2/c1-10-19-15(21-20-10)12-7-16(17,18)9-22(12)8-11-2-3-13-14(6-11)24-5-4-23-13/h2-3,6,12H,4-5,7-9H2,1H3,(H,19,20,21)/t12-/m0/s1. The number of ether oxygens (including phenoxy) is 2. The summed E-state index contributed by atoms with van der Waals surface area (Å²) in [5, 5.41) is 6.80. The van der Waals surface area contributed by atoms with Crippen LogP contribution in [0, 0.1) is 6.92 Å². The number of aromatic amines is 1. The van der Waals surface area contributed by atoms with Gasteiger partial charge in [0.05, 0.1) is 12.6 Å². The van der Waals surface area contributed by atoms with Crippen molar-refractivity contribution in [3.05, 3.63) is 35.4 Å². The van der Waals surface area contributed by atoms with Crippen molar-refractivity contribution in [2.24, 2.45) is 0 Å². The van der Waals surface area contributed by atoms with Crippen LogP contribution in [0.25, 0.3) is 0 Å².